The van der Waals surface area contributed by atoms with Crippen LogP contribution in [0.25, 0.3) is 0 Å². The summed E-state index contributed by atoms with van der Waals surface area (Å²) in [5.41, 5.74) is 1.34. The molecule has 1 heterocycles. The number of benzene rings is 1. The molecule has 4 rings (SSSR count). The molecule has 0 unspecified atom stereocenters. The Morgan fingerprint density at radius 1 is 1.05 bits per heavy atom. The summed E-state index contributed by atoms with van der Waals surface area (Å²) < 4.78 is 31.7. The molecule has 13 heteroatoms. The third-order valence-corrected chi connectivity index (χ3v) is 7.12. The summed E-state index contributed by atoms with van der Waals surface area (Å²) in [6.07, 6.45) is 0.370. The van der Waals surface area contributed by atoms with Gasteiger partial charge in [-0.3, -0.25) is 4.79 Å². The Bertz CT molecular complexity index is 1170. The summed E-state index contributed by atoms with van der Waals surface area (Å²) in [6.45, 7) is 1.98. The van der Waals surface area contributed by atoms with E-state index in [-0.39, 0.29) is 11.9 Å². The van der Waals surface area contributed by atoms with Crippen molar-refractivity contribution < 1.29 is 27.9 Å². The van der Waals surface area contributed by atoms with E-state index in [1.165, 1.54) is 0 Å². The van der Waals surface area contributed by atoms with Crippen molar-refractivity contribution in [1.29, 1.82) is 0 Å². The SMILES string of the molecule is Cc1cc(N(C)C)nc(NC2CCC(NC(=O)C3(c4ccc(Cl)cc4Cl)CC3)CC2)n1.O=C(O)C(F)(F)F. The van der Waals surface area contributed by atoms with Crippen LogP contribution in [0.3, 0.4) is 0 Å². The molecule has 0 radical (unpaired) electrons. The van der Waals surface area contributed by atoms with E-state index in [9.17, 15) is 18.0 Å². The lowest BCUT2D eigenvalue weighted by atomic mass is 9.89. The van der Waals surface area contributed by atoms with Gasteiger partial charge in [0.05, 0.1) is 5.41 Å². The first-order chi connectivity index (χ1) is 17.7. The highest BCUT2D eigenvalue weighted by Crippen LogP contribution is 2.51. The highest BCUT2D eigenvalue weighted by molar-refractivity contribution is 6.35. The van der Waals surface area contributed by atoms with Crippen molar-refractivity contribution in [2.24, 2.45) is 0 Å². The fourth-order valence-corrected chi connectivity index (χ4v) is 4.94. The second kappa shape index (κ2) is 11.9. The van der Waals surface area contributed by atoms with E-state index in [2.05, 4.69) is 20.6 Å². The average Bonchev–Trinajstić information content (AvgIpc) is 3.61. The number of aryl methyl sites for hydroxylation is 1. The highest BCUT2D eigenvalue weighted by Gasteiger charge is 2.52. The Kier molecular flexibility index (Phi) is 9.35. The van der Waals surface area contributed by atoms with Crippen molar-refractivity contribution in [1.82, 2.24) is 15.3 Å². The molecule has 2 aromatic rings. The summed E-state index contributed by atoms with van der Waals surface area (Å²) in [6, 6.07) is 7.88. The second-order valence-electron chi connectivity index (χ2n) is 9.76. The summed E-state index contributed by atoms with van der Waals surface area (Å²) in [4.78, 5) is 33.1. The number of carbonyl (C=O) groups is 2. The van der Waals surface area contributed by atoms with Gasteiger partial charge in [-0.2, -0.15) is 18.2 Å². The predicted molar refractivity (Wildman–Crippen MR) is 140 cm³/mol. The van der Waals surface area contributed by atoms with Crippen LogP contribution in [0, 0.1) is 6.92 Å². The third kappa shape index (κ3) is 7.63. The molecule has 2 aliphatic rings. The first kappa shape index (κ1) is 29.8. The molecule has 2 fully saturated rings. The number of carboxylic acid groups (broad SMARTS) is 1. The van der Waals surface area contributed by atoms with E-state index in [1.807, 2.05) is 44.1 Å². The van der Waals surface area contributed by atoms with Gasteiger partial charge in [-0.15, -0.1) is 0 Å². The fraction of sp³-hybridized carbons (Fsp3) is 0.520. The molecule has 3 N–H and O–H groups in total. The standard InChI is InChI=1S/C23H29Cl2N5O.C2HF3O2/c1-14-12-20(30(2)3)29-22(26-14)28-17-7-5-16(6-8-17)27-21(31)23(10-11-23)18-9-4-15(24)13-19(18)25;3-2(4,5)1(6)7/h4,9,12-13,16-17H,5-8,10-11H2,1-3H3,(H,27,31)(H,26,28,29);(H,6,7). The van der Waals surface area contributed by atoms with Crippen LogP contribution in [0.1, 0.15) is 49.8 Å². The average molecular weight is 576 g/mol. The topological polar surface area (TPSA) is 107 Å². The van der Waals surface area contributed by atoms with Gasteiger partial charge in [0.2, 0.25) is 11.9 Å². The number of hydrogen-bond acceptors (Lipinski definition) is 6. The summed E-state index contributed by atoms with van der Waals surface area (Å²) in [5, 5.41) is 15.1. The normalized spacial score (nSPS) is 20.0. The van der Waals surface area contributed by atoms with Gasteiger partial charge in [-0.1, -0.05) is 29.3 Å². The molecule has 8 nitrogen and oxygen atoms in total. The molecule has 2 saturated carbocycles. The second-order valence-corrected chi connectivity index (χ2v) is 10.6. The zero-order valence-corrected chi connectivity index (χ0v) is 22.7. The van der Waals surface area contributed by atoms with Gasteiger partial charge in [0.1, 0.15) is 5.82 Å². The van der Waals surface area contributed by atoms with E-state index >= 15 is 0 Å². The minimum absolute atomic E-state index is 0.0887. The van der Waals surface area contributed by atoms with Gasteiger partial charge in [0.15, 0.2) is 0 Å². The molecule has 1 aromatic heterocycles. The number of halogens is 5. The lowest BCUT2D eigenvalue weighted by Crippen LogP contribution is -2.44. The van der Waals surface area contributed by atoms with Crippen LogP contribution in [0.15, 0.2) is 24.3 Å². The van der Waals surface area contributed by atoms with Crippen molar-refractivity contribution in [2.75, 3.05) is 24.3 Å². The van der Waals surface area contributed by atoms with Gasteiger partial charge >= 0.3 is 12.1 Å². The Morgan fingerprint density at radius 3 is 2.13 bits per heavy atom. The van der Waals surface area contributed by atoms with Crippen molar-refractivity contribution >= 4 is 46.8 Å². The first-order valence-electron chi connectivity index (χ1n) is 12.1. The van der Waals surface area contributed by atoms with Crippen LogP contribution in [0.5, 0.6) is 0 Å². The van der Waals surface area contributed by atoms with E-state index < -0.39 is 17.6 Å². The Labute approximate surface area is 228 Å². The Morgan fingerprint density at radius 2 is 1.63 bits per heavy atom. The van der Waals surface area contributed by atoms with Gasteiger partial charge < -0.3 is 20.6 Å². The summed E-state index contributed by atoms with van der Waals surface area (Å²) >= 11 is 12.4. The van der Waals surface area contributed by atoms with Crippen LogP contribution < -0.4 is 15.5 Å². The van der Waals surface area contributed by atoms with Gasteiger partial charge in [-0.05, 0) is 63.1 Å². The van der Waals surface area contributed by atoms with Crippen LogP contribution >= 0.6 is 23.2 Å². The number of carbonyl (C=O) groups excluding carboxylic acids is 1. The quantitative estimate of drug-likeness (QED) is 0.425. The molecule has 0 aliphatic heterocycles. The monoisotopic (exact) mass is 575 g/mol. The van der Waals surface area contributed by atoms with Crippen LogP contribution in [-0.4, -0.2) is 59.3 Å². The third-order valence-electron chi connectivity index (χ3n) is 6.57. The van der Waals surface area contributed by atoms with Crippen LogP contribution in [0.2, 0.25) is 10.0 Å². The van der Waals surface area contributed by atoms with Gasteiger partial charge in [0.25, 0.3) is 0 Å². The van der Waals surface area contributed by atoms with E-state index in [0.717, 1.165) is 55.6 Å². The van der Waals surface area contributed by atoms with Crippen molar-refractivity contribution in [3.05, 3.63) is 45.6 Å². The maximum atomic E-state index is 13.1. The first-order valence-corrected chi connectivity index (χ1v) is 12.8. The maximum absolute atomic E-state index is 13.1. The van der Waals surface area contributed by atoms with Crippen molar-refractivity contribution in [2.45, 2.75) is 69.1 Å². The number of rotatable bonds is 6. The zero-order chi connectivity index (χ0) is 28.3. The lowest BCUT2D eigenvalue weighted by molar-refractivity contribution is -0.192. The molecule has 0 bridgehead atoms. The molecular formula is C25H30Cl2F3N5O3. The number of hydrogen-bond donors (Lipinski definition) is 3. The highest BCUT2D eigenvalue weighted by atomic mass is 35.5. The molecule has 0 saturated heterocycles. The maximum Gasteiger partial charge on any atom is 0.490 e. The molecule has 1 aromatic carbocycles. The number of amides is 1. The smallest absolute Gasteiger partial charge is 0.475 e. The van der Waals surface area contributed by atoms with Crippen molar-refractivity contribution in [3.8, 4) is 0 Å². The lowest BCUT2D eigenvalue weighted by Gasteiger charge is -2.31. The molecule has 0 spiro atoms. The zero-order valence-electron chi connectivity index (χ0n) is 21.2. The largest absolute Gasteiger partial charge is 0.490 e. The molecule has 0 atom stereocenters. The molecule has 38 heavy (non-hydrogen) atoms. The van der Waals surface area contributed by atoms with E-state index in [0.29, 0.717) is 22.0 Å². The number of nitrogens with zero attached hydrogens (tertiary/aromatic N) is 3. The predicted octanol–water partition coefficient (Wildman–Crippen LogP) is 5.36. The summed E-state index contributed by atoms with van der Waals surface area (Å²) in [7, 11) is 3.95. The Balaban J connectivity index is 0.000000505. The fourth-order valence-electron chi connectivity index (χ4n) is 4.36. The minimum atomic E-state index is -5.08. The van der Waals surface area contributed by atoms with Crippen LogP contribution in [-0.2, 0) is 15.0 Å². The number of alkyl halides is 3. The summed E-state index contributed by atoms with van der Waals surface area (Å²) in [5.74, 6) is -1.10. The molecule has 208 valence electrons. The molecule has 2 aliphatic carbocycles. The number of aliphatic carboxylic acids is 1. The van der Waals surface area contributed by atoms with Gasteiger partial charge in [0, 0.05) is 48.0 Å². The van der Waals surface area contributed by atoms with E-state index in [4.69, 9.17) is 33.1 Å². The number of carboxylic acids is 1. The van der Waals surface area contributed by atoms with Gasteiger partial charge in [-0.25, -0.2) is 9.78 Å². The number of aromatic nitrogens is 2. The van der Waals surface area contributed by atoms with E-state index in [1.54, 1.807) is 6.07 Å². The van der Waals surface area contributed by atoms with Crippen molar-refractivity contribution in [3.63, 3.8) is 0 Å². The molecule has 1 amide bonds. The number of anilines is 2. The van der Waals surface area contributed by atoms with Crippen LogP contribution in [0.4, 0.5) is 24.9 Å². The minimum Gasteiger partial charge on any atom is -0.475 e. The Hall–Kier alpha value is -2.79. The molecular weight excluding hydrogens is 546 g/mol. The number of nitrogens with one attached hydrogen (secondary N) is 2.